The number of rotatable bonds is 5. The van der Waals surface area contributed by atoms with Crippen LogP contribution in [0.3, 0.4) is 0 Å². The molecule has 1 heterocycles. The van der Waals surface area contributed by atoms with Crippen LogP contribution in [0.4, 0.5) is 8.78 Å². The lowest BCUT2D eigenvalue weighted by Crippen LogP contribution is -2.34. The van der Waals surface area contributed by atoms with Gasteiger partial charge in [-0.25, -0.2) is 9.37 Å². The Morgan fingerprint density at radius 2 is 2.08 bits per heavy atom. The summed E-state index contributed by atoms with van der Waals surface area (Å²) in [5, 5.41) is 2.84. The first-order chi connectivity index (χ1) is 11.6. The van der Waals surface area contributed by atoms with E-state index in [1.54, 1.807) is 12.1 Å². The van der Waals surface area contributed by atoms with E-state index >= 15 is 0 Å². The molecule has 1 amide bonds. The van der Waals surface area contributed by atoms with Crippen LogP contribution in [0.2, 0.25) is 0 Å². The first-order valence-electron chi connectivity index (χ1n) is 7.90. The number of halogens is 2. The molecule has 6 heteroatoms. The van der Waals surface area contributed by atoms with Crippen molar-refractivity contribution in [3.05, 3.63) is 53.2 Å². The van der Waals surface area contributed by atoms with Gasteiger partial charge in [-0.05, 0) is 37.5 Å². The Kier molecular flexibility index (Phi) is 4.74. The Balaban J connectivity index is 1.74. The van der Waals surface area contributed by atoms with Gasteiger partial charge in [0.1, 0.15) is 0 Å². The van der Waals surface area contributed by atoms with Crippen LogP contribution >= 0.6 is 0 Å². The molecule has 0 radical (unpaired) electrons. The Morgan fingerprint density at radius 3 is 2.79 bits per heavy atom. The number of hydrogen-bond donors (Lipinski definition) is 1. The zero-order chi connectivity index (χ0) is 17.1. The van der Waals surface area contributed by atoms with Crippen LogP contribution in [0.25, 0.3) is 0 Å². The summed E-state index contributed by atoms with van der Waals surface area (Å²) in [5.74, 6) is -2.00. The maximum absolute atomic E-state index is 14.0. The second kappa shape index (κ2) is 6.95. The minimum atomic E-state index is -1.05. The van der Waals surface area contributed by atoms with Crippen LogP contribution in [0.15, 0.2) is 30.5 Å². The van der Waals surface area contributed by atoms with E-state index in [2.05, 4.69) is 10.3 Å². The molecular formula is C18H18F2N2O2. The summed E-state index contributed by atoms with van der Waals surface area (Å²) in [7, 11) is 0. The quantitative estimate of drug-likeness (QED) is 0.904. The molecule has 0 saturated heterocycles. The van der Waals surface area contributed by atoms with Crippen molar-refractivity contribution >= 4 is 5.91 Å². The van der Waals surface area contributed by atoms with E-state index in [1.807, 2.05) is 0 Å². The molecule has 0 bridgehead atoms. The molecule has 1 fully saturated rings. The zero-order valence-electron chi connectivity index (χ0n) is 13.3. The molecule has 0 unspecified atom stereocenters. The lowest BCUT2D eigenvalue weighted by molar-refractivity contribution is -0.127. The molecule has 2 aromatic rings. The third-order valence-electron chi connectivity index (χ3n) is 4.23. The molecule has 1 aliphatic rings. The smallest absolute Gasteiger partial charge is 0.224 e. The first kappa shape index (κ1) is 16.4. The average Bonchev–Trinajstić information content (AvgIpc) is 2.53. The van der Waals surface area contributed by atoms with E-state index in [0.29, 0.717) is 5.56 Å². The summed E-state index contributed by atoms with van der Waals surface area (Å²) in [4.78, 5) is 16.0. The highest BCUT2D eigenvalue weighted by Gasteiger charge is 2.25. The predicted molar refractivity (Wildman–Crippen MR) is 84.6 cm³/mol. The first-order valence-corrected chi connectivity index (χ1v) is 7.90. The summed E-state index contributed by atoms with van der Waals surface area (Å²) in [6, 6.07) is 6.23. The predicted octanol–water partition coefficient (Wildman–Crippen LogP) is 3.88. The number of amides is 1. The largest absolute Gasteiger partial charge is 0.435 e. The molecule has 4 nitrogen and oxygen atoms in total. The van der Waals surface area contributed by atoms with Gasteiger partial charge in [0.25, 0.3) is 0 Å². The van der Waals surface area contributed by atoms with Gasteiger partial charge in [-0.1, -0.05) is 18.6 Å². The summed E-state index contributed by atoms with van der Waals surface area (Å²) in [6.07, 6.45) is 4.40. The molecule has 3 rings (SSSR count). The Labute approximate surface area is 138 Å². The highest BCUT2D eigenvalue weighted by atomic mass is 19.2. The van der Waals surface area contributed by atoms with E-state index in [4.69, 9.17) is 4.74 Å². The van der Waals surface area contributed by atoms with Crippen LogP contribution in [-0.2, 0) is 11.3 Å². The molecule has 1 aromatic carbocycles. The second-order valence-corrected chi connectivity index (χ2v) is 5.92. The van der Waals surface area contributed by atoms with Crippen molar-refractivity contribution in [2.24, 2.45) is 5.92 Å². The van der Waals surface area contributed by atoms with Crippen LogP contribution in [-0.4, -0.2) is 10.9 Å². The van der Waals surface area contributed by atoms with Crippen LogP contribution < -0.4 is 10.1 Å². The fraction of sp³-hybridized carbons (Fsp3) is 0.333. The van der Waals surface area contributed by atoms with Crippen molar-refractivity contribution in [2.45, 2.75) is 32.7 Å². The fourth-order valence-electron chi connectivity index (χ4n) is 2.46. The van der Waals surface area contributed by atoms with E-state index in [-0.39, 0.29) is 35.6 Å². The molecule has 1 saturated carbocycles. The highest BCUT2D eigenvalue weighted by molar-refractivity contribution is 5.79. The average molecular weight is 332 g/mol. The molecule has 1 N–H and O–H groups in total. The lowest BCUT2D eigenvalue weighted by atomic mass is 9.85. The monoisotopic (exact) mass is 332 g/mol. The standard InChI is InChI=1S/C18H18F2N2O2/c1-11-7-8-14(16(20)15(11)19)24-18-13(6-3-9-21-18)10-22-17(23)12-4-2-5-12/h3,6-9,12H,2,4-5,10H2,1H3,(H,22,23). The number of nitrogens with zero attached hydrogens (tertiary/aromatic N) is 1. The van der Waals surface area contributed by atoms with E-state index < -0.39 is 11.6 Å². The van der Waals surface area contributed by atoms with E-state index in [0.717, 1.165) is 19.3 Å². The Morgan fingerprint density at radius 1 is 1.29 bits per heavy atom. The minimum absolute atomic E-state index is 0.00335. The number of hydrogen-bond acceptors (Lipinski definition) is 3. The number of carbonyl (C=O) groups is 1. The SMILES string of the molecule is Cc1ccc(Oc2ncccc2CNC(=O)C2CCC2)c(F)c1F. The fourth-order valence-corrected chi connectivity index (χ4v) is 2.46. The van der Waals surface area contributed by atoms with Crippen molar-refractivity contribution in [3.63, 3.8) is 0 Å². The van der Waals surface area contributed by atoms with E-state index in [9.17, 15) is 13.6 Å². The summed E-state index contributed by atoms with van der Waals surface area (Å²) < 4.78 is 33.0. The molecule has 126 valence electrons. The van der Waals surface area contributed by atoms with Gasteiger partial charge in [-0.3, -0.25) is 4.79 Å². The van der Waals surface area contributed by atoms with Gasteiger partial charge in [-0.2, -0.15) is 4.39 Å². The van der Waals surface area contributed by atoms with Crippen molar-refractivity contribution < 1.29 is 18.3 Å². The normalized spacial score (nSPS) is 14.1. The summed E-state index contributed by atoms with van der Waals surface area (Å²) in [5.41, 5.74) is 0.805. The number of nitrogens with one attached hydrogen (secondary N) is 1. The topological polar surface area (TPSA) is 51.2 Å². The minimum Gasteiger partial charge on any atom is -0.435 e. The van der Waals surface area contributed by atoms with Gasteiger partial charge in [0.05, 0.1) is 0 Å². The van der Waals surface area contributed by atoms with E-state index in [1.165, 1.54) is 25.3 Å². The van der Waals surface area contributed by atoms with Crippen LogP contribution in [0, 0.1) is 24.5 Å². The van der Waals surface area contributed by atoms with Crippen molar-refractivity contribution in [3.8, 4) is 11.6 Å². The number of pyridine rings is 1. The number of benzene rings is 1. The lowest BCUT2D eigenvalue weighted by Gasteiger charge is -2.24. The molecule has 0 spiro atoms. The van der Waals surface area contributed by atoms with Crippen LogP contribution in [0.1, 0.15) is 30.4 Å². The molecule has 0 aliphatic heterocycles. The van der Waals surface area contributed by atoms with Gasteiger partial charge >= 0.3 is 0 Å². The molecule has 1 aliphatic carbocycles. The van der Waals surface area contributed by atoms with Crippen molar-refractivity contribution in [1.82, 2.24) is 10.3 Å². The number of carbonyl (C=O) groups excluding carboxylic acids is 1. The van der Waals surface area contributed by atoms with Crippen molar-refractivity contribution in [2.75, 3.05) is 0 Å². The Hall–Kier alpha value is -2.50. The second-order valence-electron chi connectivity index (χ2n) is 5.92. The van der Waals surface area contributed by atoms with Crippen molar-refractivity contribution in [1.29, 1.82) is 0 Å². The maximum atomic E-state index is 14.0. The zero-order valence-corrected chi connectivity index (χ0v) is 13.3. The number of aryl methyl sites for hydroxylation is 1. The summed E-state index contributed by atoms with van der Waals surface area (Å²) >= 11 is 0. The van der Waals surface area contributed by atoms with Gasteiger partial charge in [0, 0.05) is 24.2 Å². The van der Waals surface area contributed by atoms with Gasteiger partial charge in [0.15, 0.2) is 11.6 Å². The van der Waals surface area contributed by atoms with Crippen LogP contribution in [0.5, 0.6) is 11.6 Å². The third-order valence-corrected chi connectivity index (χ3v) is 4.23. The van der Waals surface area contributed by atoms with Gasteiger partial charge < -0.3 is 10.1 Å². The number of ether oxygens (including phenoxy) is 1. The van der Waals surface area contributed by atoms with Gasteiger partial charge in [0.2, 0.25) is 17.6 Å². The Bertz CT molecular complexity index is 761. The number of aromatic nitrogens is 1. The molecular weight excluding hydrogens is 314 g/mol. The van der Waals surface area contributed by atoms with Gasteiger partial charge in [-0.15, -0.1) is 0 Å². The summed E-state index contributed by atoms with van der Waals surface area (Å²) in [6.45, 7) is 1.71. The maximum Gasteiger partial charge on any atom is 0.224 e. The molecule has 0 atom stereocenters. The molecule has 24 heavy (non-hydrogen) atoms. The third kappa shape index (κ3) is 3.37. The highest BCUT2D eigenvalue weighted by Crippen LogP contribution is 2.29. The molecule has 1 aromatic heterocycles.